The number of carbonyl (C=O) groups is 1. The predicted molar refractivity (Wildman–Crippen MR) is 102 cm³/mol. The molecule has 4 nitrogen and oxygen atoms in total. The van der Waals surface area contributed by atoms with Gasteiger partial charge in [0.05, 0.1) is 0 Å². The molecule has 1 atom stereocenters. The molecule has 26 heavy (non-hydrogen) atoms. The number of piperidine rings is 1. The summed E-state index contributed by atoms with van der Waals surface area (Å²) in [4.78, 5) is 14.6. The van der Waals surface area contributed by atoms with Gasteiger partial charge in [0, 0.05) is 26.1 Å². The second-order valence-corrected chi connectivity index (χ2v) is 6.98. The molecule has 1 fully saturated rings. The highest BCUT2D eigenvalue weighted by Gasteiger charge is 2.27. The number of aliphatic hydroxyl groups excluding tert-OH is 1. The first-order valence-corrected chi connectivity index (χ1v) is 9.35. The van der Waals surface area contributed by atoms with E-state index in [4.69, 9.17) is 4.74 Å². The lowest BCUT2D eigenvalue weighted by Gasteiger charge is -2.33. The van der Waals surface area contributed by atoms with Crippen LogP contribution in [0.25, 0.3) is 0 Å². The van der Waals surface area contributed by atoms with Crippen LogP contribution in [0.1, 0.15) is 30.9 Å². The zero-order valence-corrected chi connectivity index (χ0v) is 15.3. The van der Waals surface area contributed by atoms with Crippen molar-refractivity contribution in [2.24, 2.45) is 5.92 Å². The van der Waals surface area contributed by atoms with E-state index in [1.165, 1.54) is 5.56 Å². The first-order chi connectivity index (χ1) is 12.7. The molecule has 2 aromatic carbocycles. The van der Waals surface area contributed by atoms with Crippen molar-refractivity contribution in [3.8, 4) is 5.75 Å². The largest absolute Gasteiger partial charge is 0.481 e. The molecular formula is C22H27NO3. The fourth-order valence-corrected chi connectivity index (χ4v) is 3.41. The summed E-state index contributed by atoms with van der Waals surface area (Å²) >= 11 is 0. The standard InChI is InChI=1S/C22H27NO3/c1-17(22(25)23-13-11-19(16-24)12-14-23)26-21-10-6-5-9-20(21)15-18-7-3-2-4-8-18/h2-10,17,19,24H,11-16H2,1H3. The molecule has 0 spiro atoms. The Kier molecular flexibility index (Phi) is 6.29. The number of hydrogen-bond acceptors (Lipinski definition) is 3. The summed E-state index contributed by atoms with van der Waals surface area (Å²) in [7, 11) is 0. The summed E-state index contributed by atoms with van der Waals surface area (Å²) in [5.41, 5.74) is 2.30. The molecule has 1 aliphatic heterocycles. The zero-order chi connectivity index (χ0) is 18.4. The van der Waals surface area contributed by atoms with Crippen LogP contribution in [0.5, 0.6) is 5.75 Å². The van der Waals surface area contributed by atoms with Crippen LogP contribution in [0.2, 0.25) is 0 Å². The van der Waals surface area contributed by atoms with Crippen molar-refractivity contribution in [1.29, 1.82) is 0 Å². The summed E-state index contributed by atoms with van der Waals surface area (Å²) in [6, 6.07) is 18.2. The summed E-state index contributed by atoms with van der Waals surface area (Å²) in [5.74, 6) is 1.11. The van der Waals surface area contributed by atoms with Gasteiger partial charge in [0.1, 0.15) is 5.75 Å². The van der Waals surface area contributed by atoms with Crippen molar-refractivity contribution < 1.29 is 14.6 Å². The van der Waals surface area contributed by atoms with Gasteiger partial charge < -0.3 is 14.7 Å². The molecule has 0 aromatic heterocycles. The summed E-state index contributed by atoms with van der Waals surface area (Å²) in [6.07, 6.45) is 1.98. The number of carbonyl (C=O) groups excluding carboxylic acids is 1. The van der Waals surface area contributed by atoms with Gasteiger partial charge in [0.2, 0.25) is 0 Å². The van der Waals surface area contributed by atoms with Crippen LogP contribution in [0.15, 0.2) is 54.6 Å². The van der Waals surface area contributed by atoms with Gasteiger partial charge in [-0.1, -0.05) is 48.5 Å². The van der Waals surface area contributed by atoms with Crippen LogP contribution in [0.3, 0.4) is 0 Å². The maximum absolute atomic E-state index is 12.7. The molecule has 1 saturated heterocycles. The molecule has 0 radical (unpaired) electrons. The Morgan fingerprint density at radius 1 is 1.12 bits per heavy atom. The number of likely N-dealkylation sites (tertiary alicyclic amines) is 1. The third kappa shape index (κ3) is 4.64. The lowest BCUT2D eigenvalue weighted by atomic mass is 9.97. The summed E-state index contributed by atoms with van der Waals surface area (Å²) < 4.78 is 6.05. The maximum Gasteiger partial charge on any atom is 0.263 e. The van der Waals surface area contributed by atoms with E-state index in [0.29, 0.717) is 19.0 Å². The zero-order valence-electron chi connectivity index (χ0n) is 15.3. The van der Waals surface area contributed by atoms with Crippen molar-refractivity contribution in [1.82, 2.24) is 4.90 Å². The van der Waals surface area contributed by atoms with E-state index in [1.807, 2.05) is 54.3 Å². The Morgan fingerprint density at radius 2 is 1.77 bits per heavy atom. The van der Waals surface area contributed by atoms with E-state index in [9.17, 15) is 9.90 Å². The number of para-hydroxylation sites is 1. The molecule has 4 heteroatoms. The fraction of sp³-hybridized carbons (Fsp3) is 0.409. The molecule has 1 aliphatic rings. The number of amides is 1. The quantitative estimate of drug-likeness (QED) is 0.867. The van der Waals surface area contributed by atoms with Crippen LogP contribution >= 0.6 is 0 Å². The Labute approximate surface area is 155 Å². The minimum Gasteiger partial charge on any atom is -0.481 e. The lowest BCUT2D eigenvalue weighted by Crippen LogP contribution is -2.45. The third-order valence-corrected chi connectivity index (χ3v) is 5.05. The van der Waals surface area contributed by atoms with Gasteiger partial charge in [0.15, 0.2) is 6.10 Å². The monoisotopic (exact) mass is 353 g/mol. The van der Waals surface area contributed by atoms with E-state index in [-0.39, 0.29) is 12.5 Å². The van der Waals surface area contributed by atoms with Crippen molar-refractivity contribution in [2.75, 3.05) is 19.7 Å². The molecule has 1 unspecified atom stereocenters. The maximum atomic E-state index is 12.7. The van der Waals surface area contributed by atoms with Gasteiger partial charge in [-0.3, -0.25) is 4.79 Å². The predicted octanol–water partition coefficient (Wildman–Crippen LogP) is 3.28. The van der Waals surface area contributed by atoms with Gasteiger partial charge in [-0.05, 0) is 42.9 Å². The average Bonchev–Trinajstić information content (AvgIpc) is 2.69. The van der Waals surface area contributed by atoms with Crippen LogP contribution in [-0.4, -0.2) is 41.7 Å². The Morgan fingerprint density at radius 3 is 2.46 bits per heavy atom. The number of hydrogen-bond donors (Lipinski definition) is 1. The highest BCUT2D eigenvalue weighted by atomic mass is 16.5. The number of rotatable bonds is 6. The molecule has 1 N–H and O–H groups in total. The molecule has 138 valence electrons. The van der Waals surface area contributed by atoms with Gasteiger partial charge in [-0.2, -0.15) is 0 Å². The molecule has 2 aromatic rings. The van der Waals surface area contributed by atoms with E-state index in [1.54, 1.807) is 0 Å². The second kappa shape index (κ2) is 8.86. The molecule has 0 saturated carbocycles. The van der Waals surface area contributed by atoms with Crippen LogP contribution < -0.4 is 4.74 Å². The summed E-state index contributed by atoms with van der Waals surface area (Å²) in [5, 5.41) is 9.24. The van der Waals surface area contributed by atoms with E-state index >= 15 is 0 Å². The highest BCUT2D eigenvalue weighted by Crippen LogP contribution is 2.24. The lowest BCUT2D eigenvalue weighted by molar-refractivity contribution is -0.139. The Hall–Kier alpha value is -2.33. The number of benzene rings is 2. The van der Waals surface area contributed by atoms with E-state index in [2.05, 4.69) is 12.1 Å². The van der Waals surface area contributed by atoms with E-state index in [0.717, 1.165) is 30.6 Å². The van der Waals surface area contributed by atoms with Crippen molar-refractivity contribution in [3.05, 3.63) is 65.7 Å². The van der Waals surface area contributed by atoms with Crippen molar-refractivity contribution in [3.63, 3.8) is 0 Å². The minimum absolute atomic E-state index is 0.0240. The second-order valence-electron chi connectivity index (χ2n) is 6.98. The van der Waals surface area contributed by atoms with E-state index < -0.39 is 6.10 Å². The average molecular weight is 353 g/mol. The number of ether oxygens (including phenoxy) is 1. The Balaban J connectivity index is 1.64. The van der Waals surface area contributed by atoms with Gasteiger partial charge in [0.25, 0.3) is 5.91 Å². The fourth-order valence-electron chi connectivity index (χ4n) is 3.41. The highest BCUT2D eigenvalue weighted by molar-refractivity contribution is 5.81. The molecule has 0 aliphatic carbocycles. The number of nitrogens with zero attached hydrogens (tertiary/aromatic N) is 1. The Bertz CT molecular complexity index is 708. The van der Waals surface area contributed by atoms with Gasteiger partial charge in [-0.15, -0.1) is 0 Å². The number of aliphatic hydroxyl groups is 1. The van der Waals surface area contributed by atoms with Crippen molar-refractivity contribution >= 4 is 5.91 Å². The van der Waals surface area contributed by atoms with Crippen LogP contribution in [0, 0.1) is 5.92 Å². The normalized spacial score (nSPS) is 16.3. The first kappa shape index (κ1) is 18.5. The topological polar surface area (TPSA) is 49.8 Å². The first-order valence-electron chi connectivity index (χ1n) is 9.35. The smallest absolute Gasteiger partial charge is 0.263 e. The summed E-state index contributed by atoms with van der Waals surface area (Å²) in [6.45, 7) is 3.42. The van der Waals surface area contributed by atoms with Crippen LogP contribution in [-0.2, 0) is 11.2 Å². The van der Waals surface area contributed by atoms with Gasteiger partial charge >= 0.3 is 0 Å². The molecule has 1 heterocycles. The van der Waals surface area contributed by atoms with Crippen molar-refractivity contribution in [2.45, 2.75) is 32.3 Å². The minimum atomic E-state index is -0.516. The SMILES string of the molecule is CC(Oc1ccccc1Cc1ccccc1)C(=O)N1CCC(CO)CC1. The van der Waals surface area contributed by atoms with Gasteiger partial charge in [-0.25, -0.2) is 0 Å². The van der Waals surface area contributed by atoms with Crippen LogP contribution in [0.4, 0.5) is 0 Å². The molecule has 1 amide bonds. The third-order valence-electron chi connectivity index (χ3n) is 5.05. The molecule has 3 rings (SSSR count). The molecular weight excluding hydrogens is 326 g/mol. The molecule has 0 bridgehead atoms.